The molecular weight excluding hydrogens is 368 g/mol. The number of carbonyl (C=O) groups excluding carboxylic acids is 1. The Morgan fingerprint density at radius 2 is 1.93 bits per heavy atom. The van der Waals surface area contributed by atoms with Crippen molar-refractivity contribution in [3.8, 4) is 5.75 Å². The highest BCUT2D eigenvalue weighted by Crippen LogP contribution is 2.32. The van der Waals surface area contributed by atoms with Gasteiger partial charge < -0.3 is 14.1 Å². The lowest BCUT2D eigenvalue weighted by atomic mass is 10.0. The summed E-state index contributed by atoms with van der Waals surface area (Å²) in [6.45, 7) is 10.3. The van der Waals surface area contributed by atoms with E-state index in [4.69, 9.17) is 9.15 Å². The topological polar surface area (TPSA) is 63.0 Å². The summed E-state index contributed by atoms with van der Waals surface area (Å²) in [6, 6.07) is 5.27. The molecule has 2 heterocycles. The molecule has 29 heavy (non-hydrogen) atoms. The summed E-state index contributed by atoms with van der Waals surface area (Å²) in [6.07, 6.45) is 2.81. The van der Waals surface area contributed by atoms with Crippen molar-refractivity contribution in [3.63, 3.8) is 0 Å². The van der Waals surface area contributed by atoms with E-state index >= 15 is 0 Å². The number of benzene rings is 1. The summed E-state index contributed by atoms with van der Waals surface area (Å²) in [5.74, 6) is 1.50. The lowest BCUT2D eigenvalue weighted by Gasteiger charge is -2.36. The number of hydrogen-bond acceptors (Lipinski definition) is 5. The van der Waals surface area contributed by atoms with Gasteiger partial charge in [0.2, 0.25) is 0 Å². The van der Waals surface area contributed by atoms with E-state index in [-0.39, 0.29) is 11.5 Å². The third-order valence-electron chi connectivity index (χ3n) is 5.96. The predicted molar refractivity (Wildman–Crippen MR) is 112 cm³/mol. The molecular formula is C23H30N2O4. The third-order valence-corrected chi connectivity index (χ3v) is 5.96. The van der Waals surface area contributed by atoms with E-state index in [1.54, 1.807) is 6.92 Å². The van der Waals surface area contributed by atoms with Crippen molar-refractivity contribution in [3.05, 3.63) is 39.7 Å². The van der Waals surface area contributed by atoms with Crippen molar-refractivity contribution in [2.45, 2.75) is 46.1 Å². The Bertz CT molecular complexity index is 955. The number of carbonyl (C=O) groups is 1. The normalized spacial score (nSPS) is 18.8. The van der Waals surface area contributed by atoms with Crippen LogP contribution in [0.1, 0.15) is 37.8 Å². The van der Waals surface area contributed by atoms with Gasteiger partial charge in [0.15, 0.2) is 6.10 Å². The van der Waals surface area contributed by atoms with Crippen LogP contribution in [0.15, 0.2) is 27.4 Å². The van der Waals surface area contributed by atoms with Crippen LogP contribution in [0.3, 0.4) is 0 Å². The molecule has 1 aromatic carbocycles. The van der Waals surface area contributed by atoms with Crippen molar-refractivity contribution < 1.29 is 13.9 Å². The zero-order chi connectivity index (χ0) is 20.5. The molecule has 1 saturated heterocycles. The second kappa shape index (κ2) is 8.19. The number of hydrogen-bond donors (Lipinski definition) is 0. The molecule has 1 amide bonds. The molecule has 1 saturated carbocycles. The van der Waals surface area contributed by atoms with Crippen molar-refractivity contribution in [1.29, 1.82) is 0 Å². The highest BCUT2D eigenvalue weighted by Gasteiger charge is 2.30. The maximum Gasteiger partial charge on any atom is 0.336 e. The van der Waals surface area contributed by atoms with Crippen LogP contribution in [0.2, 0.25) is 0 Å². The first-order chi connectivity index (χ1) is 13.9. The molecule has 1 aromatic heterocycles. The molecule has 0 spiro atoms. The van der Waals surface area contributed by atoms with Crippen LogP contribution in [0, 0.1) is 12.8 Å². The lowest BCUT2D eigenvalue weighted by Crippen LogP contribution is -2.52. The van der Waals surface area contributed by atoms with Gasteiger partial charge in [0.05, 0.1) is 5.39 Å². The van der Waals surface area contributed by atoms with E-state index < -0.39 is 6.10 Å². The summed E-state index contributed by atoms with van der Waals surface area (Å²) < 4.78 is 11.5. The number of fused-ring (bicyclic) bond motifs is 1. The number of aryl methyl sites for hydroxylation is 2. The van der Waals surface area contributed by atoms with Crippen LogP contribution >= 0.6 is 0 Å². The average molecular weight is 399 g/mol. The van der Waals surface area contributed by atoms with E-state index in [1.165, 1.54) is 25.5 Å². The van der Waals surface area contributed by atoms with Gasteiger partial charge in [-0.05, 0) is 62.3 Å². The highest BCUT2D eigenvalue weighted by atomic mass is 16.5. The molecule has 1 atom stereocenters. The minimum Gasteiger partial charge on any atom is -0.480 e. The molecule has 4 rings (SSSR count). The molecule has 156 valence electrons. The molecule has 1 aliphatic heterocycles. The monoisotopic (exact) mass is 398 g/mol. The predicted octanol–water partition coefficient (Wildman–Crippen LogP) is 2.99. The lowest BCUT2D eigenvalue weighted by molar-refractivity contribution is -0.139. The van der Waals surface area contributed by atoms with E-state index in [0.29, 0.717) is 17.8 Å². The smallest absolute Gasteiger partial charge is 0.336 e. The summed E-state index contributed by atoms with van der Waals surface area (Å²) >= 11 is 0. The molecule has 2 aliphatic rings. The van der Waals surface area contributed by atoms with Gasteiger partial charge in [-0.15, -0.1) is 0 Å². The molecule has 6 heteroatoms. The van der Waals surface area contributed by atoms with Crippen molar-refractivity contribution in [2.24, 2.45) is 5.92 Å². The van der Waals surface area contributed by atoms with E-state index in [2.05, 4.69) is 4.90 Å². The van der Waals surface area contributed by atoms with Gasteiger partial charge in [-0.25, -0.2) is 4.79 Å². The van der Waals surface area contributed by atoms with Crippen LogP contribution in [0.5, 0.6) is 5.75 Å². The van der Waals surface area contributed by atoms with Crippen molar-refractivity contribution >= 4 is 16.9 Å². The Morgan fingerprint density at radius 3 is 2.59 bits per heavy atom. The first kappa shape index (κ1) is 20.0. The minimum atomic E-state index is -0.591. The molecule has 2 aromatic rings. The fourth-order valence-electron chi connectivity index (χ4n) is 4.16. The Hall–Kier alpha value is -2.34. The summed E-state index contributed by atoms with van der Waals surface area (Å²) in [7, 11) is 0. The first-order valence-corrected chi connectivity index (χ1v) is 10.7. The minimum absolute atomic E-state index is 0.0150. The third kappa shape index (κ3) is 4.47. The first-order valence-electron chi connectivity index (χ1n) is 10.7. The summed E-state index contributed by atoms with van der Waals surface area (Å²) in [4.78, 5) is 29.2. The number of nitrogens with zero attached hydrogens (tertiary/aromatic N) is 2. The van der Waals surface area contributed by atoms with Crippen LogP contribution < -0.4 is 10.4 Å². The zero-order valence-corrected chi connectivity index (χ0v) is 17.6. The Kier molecular flexibility index (Phi) is 5.63. The largest absolute Gasteiger partial charge is 0.480 e. The van der Waals surface area contributed by atoms with Gasteiger partial charge in [-0.3, -0.25) is 9.69 Å². The standard InChI is InChI=1S/C23H30N2O4/c1-4-18-13-21(26)29-20-12-15(2)11-19(22(18)20)28-16(3)23(27)25-9-7-24(8-10-25)14-17-5-6-17/h11-13,16-17H,4-10,14H2,1-3H3. The number of piperazine rings is 1. The van der Waals surface area contributed by atoms with Gasteiger partial charge in [-0.1, -0.05) is 6.92 Å². The van der Waals surface area contributed by atoms with Crippen molar-refractivity contribution in [2.75, 3.05) is 32.7 Å². The Balaban J connectivity index is 1.49. The fourth-order valence-corrected chi connectivity index (χ4v) is 4.16. The van der Waals surface area contributed by atoms with Gasteiger partial charge in [0.25, 0.3) is 5.91 Å². The van der Waals surface area contributed by atoms with Gasteiger partial charge in [0.1, 0.15) is 11.3 Å². The van der Waals surface area contributed by atoms with Crippen LogP contribution in [0.4, 0.5) is 0 Å². The van der Waals surface area contributed by atoms with Crippen LogP contribution in [-0.2, 0) is 11.2 Å². The van der Waals surface area contributed by atoms with E-state index in [1.807, 2.05) is 30.9 Å². The molecule has 1 unspecified atom stereocenters. The van der Waals surface area contributed by atoms with Gasteiger partial charge in [-0.2, -0.15) is 0 Å². The molecule has 2 fully saturated rings. The van der Waals surface area contributed by atoms with E-state index in [0.717, 1.165) is 48.6 Å². The quantitative estimate of drug-likeness (QED) is 0.700. The summed E-state index contributed by atoms with van der Waals surface area (Å²) in [5.41, 5.74) is 1.95. The van der Waals surface area contributed by atoms with E-state index in [9.17, 15) is 9.59 Å². The maximum atomic E-state index is 13.0. The molecule has 0 bridgehead atoms. The van der Waals surface area contributed by atoms with Gasteiger partial charge >= 0.3 is 5.63 Å². The summed E-state index contributed by atoms with van der Waals surface area (Å²) in [5, 5.41) is 0.784. The number of amides is 1. The second-order valence-electron chi connectivity index (χ2n) is 8.41. The van der Waals surface area contributed by atoms with Crippen molar-refractivity contribution in [1.82, 2.24) is 9.80 Å². The second-order valence-corrected chi connectivity index (χ2v) is 8.41. The Labute approximate surface area is 171 Å². The Morgan fingerprint density at radius 1 is 1.21 bits per heavy atom. The van der Waals surface area contributed by atoms with Crippen LogP contribution in [0.25, 0.3) is 11.0 Å². The molecule has 0 radical (unpaired) electrons. The highest BCUT2D eigenvalue weighted by molar-refractivity contribution is 5.88. The fraction of sp³-hybridized carbons (Fsp3) is 0.565. The maximum absolute atomic E-state index is 13.0. The zero-order valence-electron chi connectivity index (χ0n) is 17.6. The van der Waals surface area contributed by atoms with Gasteiger partial charge in [0, 0.05) is 38.8 Å². The number of rotatable bonds is 6. The molecule has 6 nitrogen and oxygen atoms in total. The van der Waals surface area contributed by atoms with Crippen LogP contribution in [-0.4, -0.2) is 54.5 Å². The average Bonchev–Trinajstić information content (AvgIpc) is 3.50. The molecule has 0 N–H and O–H groups in total. The number of ether oxygens (including phenoxy) is 1. The molecule has 1 aliphatic carbocycles. The SMILES string of the molecule is CCc1cc(=O)oc2cc(C)cc(OC(C)C(=O)N3CCN(CC4CC4)CC3)c12.